The van der Waals surface area contributed by atoms with E-state index in [9.17, 15) is 4.79 Å². The van der Waals surface area contributed by atoms with Gasteiger partial charge in [0.05, 0.1) is 17.1 Å². The van der Waals surface area contributed by atoms with Gasteiger partial charge in [0, 0.05) is 17.9 Å². The van der Waals surface area contributed by atoms with Crippen molar-refractivity contribution >= 4 is 21.9 Å². The summed E-state index contributed by atoms with van der Waals surface area (Å²) in [6.07, 6.45) is 0. The summed E-state index contributed by atoms with van der Waals surface area (Å²) in [5, 5.41) is 0. The summed E-state index contributed by atoms with van der Waals surface area (Å²) in [6.45, 7) is 9.12. The van der Waals surface area contributed by atoms with E-state index in [0.29, 0.717) is 11.5 Å². The van der Waals surface area contributed by atoms with E-state index in [1.54, 1.807) is 0 Å². The van der Waals surface area contributed by atoms with Crippen LogP contribution in [0.15, 0.2) is 4.47 Å². The lowest BCUT2D eigenvalue weighted by Gasteiger charge is -2.11. The summed E-state index contributed by atoms with van der Waals surface area (Å²) in [5.74, 6) is 0.0879. The number of aromatic nitrogens is 1. The molecule has 0 unspecified atom stereocenters. The van der Waals surface area contributed by atoms with Crippen LogP contribution in [-0.4, -0.2) is 17.6 Å². The predicted molar refractivity (Wildman–Crippen MR) is 68.0 cm³/mol. The zero-order chi connectivity index (χ0) is 12.5. The Balaban J connectivity index is 3.47. The first-order valence-electron chi connectivity index (χ1n) is 5.42. The van der Waals surface area contributed by atoms with E-state index >= 15 is 0 Å². The lowest BCUT2D eigenvalue weighted by atomic mass is 10.1. The van der Waals surface area contributed by atoms with Gasteiger partial charge in [0.15, 0.2) is 0 Å². The van der Waals surface area contributed by atoms with Gasteiger partial charge in [-0.15, -0.1) is 0 Å². The Morgan fingerprint density at radius 1 is 1.50 bits per heavy atom. The number of hydrogen-bond acceptors (Lipinski definition) is 2. The molecule has 1 heterocycles. The van der Waals surface area contributed by atoms with Crippen LogP contribution in [0, 0.1) is 6.92 Å². The predicted octanol–water partition coefficient (Wildman–Crippen LogP) is 3.49. The third kappa shape index (κ3) is 2.03. The molecule has 0 aromatic carbocycles. The third-order valence-electron chi connectivity index (χ3n) is 2.75. The SMILES string of the molecule is CCn1c(C)c(C(=O)OC)c(Br)c1C(C)C. The summed E-state index contributed by atoms with van der Waals surface area (Å²) in [7, 11) is 1.41. The van der Waals surface area contributed by atoms with Crippen molar-refractivity contribution in [2.24, 2.45) is 0 Å². The van der Waals surface area contributed by atoms with Crippen molar-refractivity contribution in [3.05, 3.63) is 21.4 Å². The second-order valence-electron chi connectivity index (χ2n) is 4.05. The Kier molecular flexibility index (Phi) is 4.19. The summed E-state index contributed by atoms with van der Waals surface area (Å²) < 4.78 is 7.83. The van der Waals surface area contributed by atoms with E-state index in [1.807, 2.05) is 6.92 Å². The maximum Gasteiger partial charge on any atom is 0.340 e. The summed E-state index contributed by atoms with van der Waals surface area (Å²) in [6, 6.07) is 0. The Morgan fingerprint density at radius 3 is 2.38 bits per heavy atom. The molecule has 0 radical (unpaired) electrons. The van der Waals surface area contributed by atoms with Crippen LogP contribution in [0.25, 0.3) is 0 Å². The van der Waals surface area contributed by atoms with Gasteiger partial charge in [-0.25, -0.2) is 4.79 Å². The zero-order valence-electron chi connectivity index (χ0n) is 10.4. The van der Waals surface area contributed by atoms with Gasteiger partial charge in [-0.2, -0.15) is 0 Å². The molecule has 1 aromatic heterocycles. The number of carbonyl (C=O) groups is 1. The molecular weight excluding hydrogens is 270 g/mol. The van der Waals surface area contributed by atoms with E-state index in [1.165, 1.54) is 7.11 Å². The Bertz CT molecular complexity index is 408. The number of methoxy groups -OCH3 is 1. The van der Waals surface area contributed by atoms with E-state index in [-0.39, 0.29) is 5.97 Å². The molecule has 3 nitrogen and oxygen atoms in total. The van der Waals surface area contributed by atoms with Crippen molar-refractivity contribution in [3.8, 4) is 0 Å². The average Bonchev–Trinajstić information content (AvgIpc) is 2.48. The van der Waals surface area contributed by atoms with E-state index in [2.05, 4.69) is 41.3 Å². The van der Waals surface area contributed by atoms with Crippen molar-refractivity contribution in [2.45, 2.75) is 40.2 Å². The van der Waals surface area contributed by atoms with Crippen molar-refractivity contribution in [1.29, 1.82) is 0 Å². The third-order valence-corrected chi connectivity index (χ3v) is 3.56. The number of nitrogens with zero attached hydrogens (tertiary/aromatic N) is 1. The molecule has 0 N–H and O–H groups in total. The fourth-order valence-corrected chi connectivity index (χ4v) is 3.15. The lowest BCUT2D eigenvalue weighted by Crippen LogP contribution is -2.06. The highest BCUT2D eigenvalue weighted by Gasteiger charge is 2.24. The van der Waals surface area contributed by atoms with Crippen LogP contribution in [0.1, 0.15) is 48.4 Å². The molecule has 0 bridgehead atoms. The molecule has 90 valence electrons. The maximum absolute atomic E-state index is 11.7. The van der Waals surface area contributed by atoms with Crippen LogP contribution in [0.3, 0.4) is 0 Å². The molecule has 1 rings (SSSR count). The first-order valence-corrected chi connectivity index (χ1v) is 6.21. The summed E-state index contributed by atoms with van der Waals surface area (Å²) in [5.41, 5.74) is 2.76. The van der Waals surface area contributed by atoms with Crippen molar-refractivity contribution in [3.63, 3.8) is 0 Å². The Hall–Kier alpha value is -0.770. The van der Waals surface area contributed by atoms with Gasteiger partial charge in [-0.3, -0.25) is 0 Å². The Morgan fingerprint density at radius 2 is 2.06 bits per heavy atom. The minimum atomic E-state index is -0.279. The number of esters is 1. The molecule has 0 aliphatic carbocycles. The summed E-state index contributed by atoms with van der Waals surface area (Å²) >= 11 is 3.51. The van der Waals surface area contributed by atoms with Crippen molar-refractivity contribution in [2.75, 3.05) is 7.11 Å². The largest absolute Gasteiger partial charge is 0.465 e. The van der Waals surface area contributed by atoms with E-state index in [0.717, 1.165) is 22.4 Å². The molecule has 4 heteroatoms. The lowest BCUT2D eigenvalue weighted by molar-refractivity contribution is 0.0599. The van der Waals surface area contributed by atoms with Gasteiger partial charge in [0.1, 0.15) is 0 Å². The van der Waals surface area contributed by atoms with E-state index in [4.69, 9.17) is 4.74 Å². The second kappa shape index (κ2) is 5.04. The highest BCUT2D eigenvalue weighted by atomic mass is 79.9. The molecule has 0 fully saturated rings. The molecule has 0 saturated heterocycles. The molecule has 0 aliphatic rings. The Labute approximate surface area is 105 Å². The van der Waals surface area contributed by atoms with Crippen LogP contribution >= 0.6 is 15.9 Å². The monoisotopic (exact) mass is 287 g/mol. The number of halogens is 1. The normalized spacial score (nSPS) is 10.9. The standard InChI is InChI=1S/C12H18BrNO2/c1-6-14-8(4)9(12(15)16-5)10(13)11(14)7(2)3/h7H,6H2,1-5H3. The molecule has 0 aliphatic heterocycles. The molecule has 0 spiro atoms. The molecule has 16 heavy (non-hydrogen) atoms. The number of rotatable bonds is 3. The van der Waals surface area contributed by atoms with Crippen LogP contribution in [-0.2, 0) is 11.3 Å². The highest BCUT2D eigenvalue weighted by molar-refractivity contribution is 9.10. The first kappa shape index (κ1) is 13.3. The van der Waals surface area contributed by atoms with Gasteiger partial charge in [-0.1, -0.05) is 13.8 Å². The highest BCUT2D eigenvalue weighted by Crippen LogP contribution is 2.33. The van der Waals surface area contributed by atoms with Crippen LogP contribution in [0.4, 0.5) is 0 Å². The molecule has 1 aromatic rings. The second-order valence-corrected chi connectivity index (χ2v) is 4.84. The zero-order valence-corrected chi connectivity index (χ0v) is 12.0. The van der Waals surface area contributed by atoms with Gasteiger partial charge >= 0.3 is 5.97 Å². The first-order chi connectivity index (χ1) is 7.45. The molecule has 0 atom stereocenters. The fraction of sp³-hybridized carbons (Fsp3) is 0.583. The van der Waals surface area contributed by atoms with Crippen LogP contribution in [0.5, 0.6) is 0 Å². The fourth-order valence-electron chi connectivity index (χ4n) is 2.03. The van der Waals surface area contributed by atoms with Gasteiger partial charge in [0.2, 0.25) is 0 Å². The van der Waals surface area contributed by atoms with Gasteiger partial charge in [-0.05, 0) is 35.7 Å². The van der Waals surface area contributed by atoms with Crippen molar-refractivity contribution < 1.29 is 9.53 Å². The maximum atomic E-state index is 11.7. The van der Waals surface area contributed by atoms with Crippen LogP contribution in [0.2, 0.25) is 0 Å². The van der Waals surface area contributed by atoms with Gasteiger partial charge in [0.25, 0.3) is 0 Å². The minimum Gasteiger partial charge on any atom is -0.465 e. The number of hydrogen-bond donors (Lipinski definition) is 0. The van der Waals surface area contributed by atoms with E-state index < -0.39 is 0 Å². The van der Waals surface area contributed by atoms with Gasteiger partial charge < -0.3 is 9.30 Å². The number of ether oxygens (including phenoxy) is 1. The molecular formula is C12H18BrNO2. The number of carbonyl (C=O) groups excluding carboxylic acids is 1. The minimum absolute atomic E-state index is 0.279. The topological polar surface area (TPSA) is 31.2 Å². The molecule has 0 amide bonds. The smallest absolute Gasteiger partial charge is 0.340 e. The summed E-state index contributed by atoms with van der Waals surface area (Å²) in [4.78, 5) is 11.7. The quantitative estimate of drug-likeness (QED) is 0.797. The molecule has 0 saturated carbocycles. The van der Waals surface area contributed by atoms with Crippen LogP contribution < -0.4 is 0 Å². The van der Waals surface area contributed by atoms with Crippen molar-refractivity contribution in [1.82, 2.24) is 4.57 Å². The average molecular weight is 288 g/mol.